The first kappa shape index (κ1) is 10.7. The van der Waals surface area contributed by atoms with Crippen molar-refractivity contribution >= 4 is 16.9 Å². The number of carboxylic acid groups (broad SMARTS) is 1. The van der Waals surface area contributed by atoms with Crippen molar-refractivity contribution in [1.82, 2.24) is 4.57 Å². The number of hydrogen-bond donors (Lipinski definition) is 1. The highest BCUT2D eigenvalue weighted by molar-refractivity contribution is 5.94. The second-order valence-electron chi connectivity index (χ2n) is 4.37. The van der Waals surface area contributed by atoms with Crippen LogP contribution >= 0.6 is 0 Å². The van der Waals surface area contributed by atoms with Crippen LogP contribution in [0.3, 0.4) is 0 Å². The Morgan fingerprint density at radius 2 is 2.00 bits per heavy atom. The largest absolute Gasteiger partial charge is 0.477 e. The monoisotopic (exact) mass is 217 g/mol. The third-order valence-electron chi connectivity index (χ3n) is 2.96. The van der Waals surface area contributed by atoms with Gasteiger partial charge >= 0.3 is 5.97 Å². The van der Waals surface area contributed by atoms with Gasteiger partial charge in [0.25, 0.3) is 0 Å². The molecule has 0 fully saturated rings. The molecule has 2 aromatic rings. The maximum Gasteiger partial charge on any atom is 0.352 e. The number of aromatic nitrogens is 1. The van der Waals surface area contributed by atoms with Crippen molar-refractivity contribution in [2.75, 3.05) is 0 Å². The first-order valence-corrected chi connectivity index (χ1v) is 5.33. The van der Waals surface area contributed by atoms with E-state index >= 15 is 0 Å². The Morgan fingerprint density at radius 3 is 2.56 bits per heavy atom. The number of aromatic carboxylic acids is 1. The van der Waals surface area contributed by atoms with Gasteiger partial charge in [0.05, 0.1) is 0 Å². The molecule has 84 valence electrons. The lowest BCUT2D eigenvalue weighted by Crippen LogP contribution is -2.03. The Hall–Kier alpha value is -1.77. The minimum Gasteiger partial charge on any atom is -0.477 e. The van der Waals surface area contributed by atoms with Crippen LogP contribution in [0.2, 0.25) is 0 Å². The van der Waals surface area contributed by atoms with Gasteiger partial charge in [-0.1, -0.05) is 26.0 Å². The molecule has 0 saturated carbocycles. The number of carbonyl (C=O) groups is 1. The lowest BCUT2D eigenvalue weighted by atomic mass is 10.0. The smallest absolute Gasteiger partial charge is 0.352 e. The number of benzene rings is 1. The fourth-order valence-corrected chi connectivity index (χ4v) is 1.91. The van der Waals surface area contributed by atoms with E-state index in [-0.39, 0.29) is 0 Å². The first-order valence-electron chi connectivity index (χ1n) is 5.33. The van der Waals surface area contributed by atoms with Gasteiger partial charge in [-0.25, -0.2) is 4.79 Å². The van der Waals surface area contributed by atoms with E-state index < -0.39 is 5.97 Å². The van der Waals surface area contributed by atoms with Gasteiger partial charge in [0.1, 0.15) is 5.69 Å². The molecule has 0 atom stereocenters. The summed E-state index contributed by atoms with van der Waals surface area (Å²) in [4.78, 5) is 11.0. The fraction of sp³-hybridized carbons (Fsp3) is 0.308. The average molecular weight is 217 g/mol. The van der Waals surface area contributed by atoms with Crippen LogP contribution in [0, 0.1) is 0 Å². The van der Waals surface area contributed by atoms with Crippen molar-refractivity contribution in [3.63, 3.8) is 0 Å². The van der Waals surface area contributed by atoms with E-state index in [1.807, 2.05) is 6.07 Å². The van der Waals surface area contributed by atoms with Crippen LogP contribution in [0.25, 0.3) is 10.9 Å². The van der Waals surface area contributed by atoms with Crippen molar-refractivity contribution in [2.24, 2.45) is 7.05 Å². The summed E-state index contributed by atoms with van der Waals surface area (Å²) in [6, 6.07) is 7.81. The third-order valence-corrected chi connectivity index (χ3v) is 2.96. The summed E-state index contributed by atoms with van der Waals surface area (Å²) in [5, 5.41) is 10.0. The van der Waals surface area contributed by atoms with E-state index in [1.165, 1.54) is 5.56 Å². The summed E-state index contributed by atoms with van der Waals surface area (Å²) in [6.45, 7) is 4.25. The second-order valence-corrected chi connectivity index (χ2v) is 4.37. The number of carboxylic acids is 1. The molecular weight excluding hydrogens is 202 g/mol. The van der Waals surface area contributed by atoms with E-state index in [2.05, 4.69) is 26.0 Å². The maximum absolute atomic E-state index is 11.0. The first-order chi connectivity index (χ1) is 7.50. The predicted molar refractivity (Wildman–Crippen MR) is 64.0 cm³/mol. The highest BCUT2D eigenvalue weighted by Gasteiger charge is 2.12. The Balaban J connectivity index is 2.69. The Labute approximate surface area is 94.3 Å². The second kappa shape index (κ2) is 3.67. The van der Waals surface area contributed by atoms with Crippen LogP contribution in [0.15, 0.2) is 24.3 Å². The number of fused-ring (bicyclic) bond motifs is 1. The molecule has 0 saturated heterocycles. The fourth-order valence-electron chi connectivity index (χ4n) is 1.91. The predicted octanol–water partition coefficient (Wildman–Crippen LogP) is 3.00. The summed E-state index contributed by atoms with van der Waals surface area (Å²) in [5.41, 5.74) is 2.53. The molecule has 0 amide bonds. The van der Waals surface area contributed by atoms with Crippen LogP contribution in [-0.2, 0) is 7.05 Å². The van der Waals surface area contributed by atoms with Gasteiger partial charge < -0.3 is 9.67 Å². The molecule has 0 bridgehead atoms. The maximum atomic E-state index is 11.0. The van der Waals surface area contributed by atoms with Crippen molar-refractivity contribution in [3.05, 3.63) is 35.5 Å². The molecule has 1 aromatic heterocycles. The standard InChI is InChI=1S/C13H15NO2/c1-8(2)9-4-5-10-7-12(13(15)16)14(3)11(10)6-9/h4-8H,1-3H3,(H,15,16). The highest BCUT2D eigenvalue weighted by Crippen LogP contribution is 2.23. The van der Waals surface area contributed by atoms with Crippen LogP contribution in [-0.4, -0.2) is 15.6 Å². The van der Waals surface area contributed by atoms with Gasteiger partial charge in [0, 0.05) is 18.0 Å². The topological polar surface area (TPSA) is 42.2 Å². The molecule has 16 heavy (non-hydrogen) atoms. The minimum absolute atomic E-state index is 0.330. The van der Waals surface area contributed by atoms with Crippen LogP contribution in [0.4, 0.5) is 0 Å². The molecule has 0 aliphatic carbocycles. The Morgan fingerprint density at radius 1 is 1.31 bits per heavy atom. The number of hydrogen-bond acceptors (Lipinski definition) is 1. The Bertz CT molecular complexity index is 552. The van der Waals surface area contributed by atoms with Crippen molar-refractivity contribution in [2.45, 2.75) is 19.8 Å². The molecule has 3 nitrogen and oxygen atoms in total. The van der Waals surface area contributed by atoms with E-state index in [0.717, 1.165) is 10.9 Å². The molecule has 0 aliphatic rings. The van der Waals surface area contributed by atoms with E-state index in [1.54, 1.807) is 17.7 Å². The van der Waals surface area contributed by atoms with Gasteiger partial charge in [-0.3, -0.25) is 0 Å². The lowest BCUT2D eigenvalue weighted by Gasteiger charge is -2.06. The minimum atomic E-state index is -0.884. The van der Waals surface area contributed by atoms with Gasteiger partial charge in [-0.05, 0) is 23.6 Å². The normalized spacial score (nSPS) is 11.2. The van der Waals surface area contributed by atoms with E-state index in [4.69, 9.17) is 5.11 Å². The van der Waals surface area contributed by atoms with Gasteiger partial charge in [0.15, 0.2) is 0 Å². The number of rotatable bonds is 2. The molecule has 1 aromatic carbocycles. The summed E-state index contributed by atoms with van der Waals surface area (Å²) < 4.78 is 1.73. The van der Waals surface area contributed by atoms with Crippen LogP contribution < -0.4 is 0 Å². The molecule has 2 rings (SSSR count). The zero-order valence-electron chi connectivity index (χ0n) is 9.69. The van der Waals surface area contributed by atoms with E-state index in [9.17, 15) is 4.79 Å². The molecule has 0 radical (unpaired) electrons. The van der Waals surface area contributed by atoms with Crippen LogP contribution in [0.5, 0.6) is 0 Å². The molecule has 0 aliphatic heterocycles. The molecule has 3 heteroatoms. The highest BCUT2D eigenvalue weighted by atomic mass is 16.4. The summed E-state index contributed by atoms with van der Waals surface area (Å²) in [6.07, 6.45) is 0. The van der Waals surface area contributed by atoms with Crippen molar-refractivity contribution in [3.8, 4) is 0 Å². The zero-order chi connectivity index (χ0) is 11.9. The molecule has 1 heterocycles. The molecule has 0 spiro atoms. The zero-order valence-corrected chi connectivity index (χ0v) is 9.69. The quantitative estimate of drug-likeness (QED) is 0.840. The molecule has 0 unspecified atom stereocenters. The molecular formula is C13H15NO2. The lowest BCUT2D eigenvalue weighted by molar-refractivity contribution is 0.0687. The third kappa shape index (κ3) is 1.58. The van der Waals surface area contributed by atoms with Crippen molar-refractivity contribution in [1.29, 1.82) is 0 Å². The molecule has 1 N–H and O–H groups in total. The summed E-state index contributed by atoms with van der Waals surface area (Å²) >= 11 is 0. The summed E-state index contributed by atoms with van der Waals surface area (Å²) in [5.74, 6) is -0.433. The number of aryl methyl sites for hydroxylation is 1. The SMILES string of the molecule is CC(C)c1ccc2cc(C(=O)O)n(C)c2c1. The Kier molecular flexibility index (Phi) is 2.46. The number of nitrogens with zero attached hydrogens (tertiary/aromatic N) is 1. The van der Waals surface area contributed by atoms with Gasteiger partial charge in [-0.15, -0.1) is 0 Å². The van der Waals surface area contributed by atoms with Crippen molar-refractivity contribution < 1.29 is 9.90 Å². The van der Waals surface area contributed by atoms with Crippen LogP contribution in [0.1, 0.15) is 35.8 Å². The summed E-state index contributed by atoms with van der Waals surface area (Å²) in [7, 11) is 1.79. The average Bonchev–Trinajstić information content (AvgIpc) is 2.56. The van der Waals surface area contributed by atoms with Gasteiger partial charge in [0.2, 0.25) is 0 Å². The van der Waals surface area contributed by atoms with E-state index in [0.29, 0.717) is 11.6 Å². The van der Waals surface area contributed by atoms with Gasteiger partial charge in [-0.2, -0.15) is 0 Å².